The van der Waals surface area contributed by atoms with Gasteiger partial charge in [0, 0.05) is 53.6 Å². The van der Waals surface area contributed by atoms with E-state index in [0.29, 0.717) is 39.3 Å². The first-order valence-electron chi connectivity index (χ1n) is 13.7. The van der Waals surface area contributed by atoms with Crippen molar-refractivity contribution < 1.29 is 18.1 Å². The van der Waals surface area contributed by atoms with Crippen LogP contribution in [0.3, 0.4) is 0 Å². The summed E-state index contributed by atoms with van der Waals surface area (Å²) in [6.07, 6.45) is 5.60. The average molecular weight is 591 g/mol. The third-order valence-electron chi connectivity index (χ3n) is 9.04. The molecule has 0 spiro atoms. The molecular weight excluding hydrogens is 563 g/mol. The van der Waals surface area contributed by atoms with Gasteiger partial charge in [-0.3, -0.25) is 14.1 Å². The summed E-state index contributed by atoms with van der Waals surface area (Å²) in [5.41, 5.74) is 5.07. The SMILES string of the molecule is COC(=O)N1CCC[C@@H]1c1cc2c(S(C)=O)nc3c(F)c(-c4cccc5scnc45)ncc3c2n1[C@H]1[C@H]2CN[C@@H]1C2. The van der Waals surface area contributed by atoms with E-state index in [-0.39, 0.29) is 35.4 Å². The highest BCUT2D eigenvalue weighted by molar-refractivity contribution is 7.84. The Labute approximate surface area is 241 Å². The molecule has 5 aromatic rings. The minimum Gasteiger partial charge on any atom is -0.453 e. The fourth-order valence-corrected chi connectivity index (χ4v) is 8.60. The maximum Gasteiger partial charge on any atom is 0.410 e. The van der Waals surface area contributed by atoms with Crippen LogP contribution in [0, 0.1) is 11.7 Å². The van der Waals surface area contributed by atoms with Gasteiger partial charge in [-0.25, -0.2) is 19.2 Å². The van der Waals surface area contributed by atoms with Crippen molar-refractivity contribution in [2.45, 2.75) is 42.4 Å². The Balaban J connectivity index is 1.43. The number of methoxy groups -OCH3 is 1. The molecule has 2 bridgehead atoms. The number of amides is 1. The molecule has 7 heterocycles. The quantitative estimate of drug-likeness (QED) is 0.308. The number of para-hydroxylation sites is 1. The first-order chi connectivity index (χ1) is 20.0. The molecule has 9 rings (SSSR count). The van der Waals surface area contributed by atoms with Gasteiger partial charge in [-0.15, -0.1) is 11.3 Å². The molecule has 9 nitrogen and oxygen atoms in total. The number of fused-ring (bicyclic) bond motifs is 5. The zero-order chi connectivity index (χ0) is 28.0. The van der Waals surface area contributed by atoms with Crippen LogP contribution >= 0.6 is 11.3 Å². The van der Waals surface area contributed by atoms with Gasteiger partial charge in [0.05, 0.1) is 51.2 Å². The standard InChI is InChI=1S/C29H27FN6O3S2/c1-39-29(37)35-8-4-6-19(35)20-10-16-27(36(20)26-14-9-18(26)31-11-14)17-12-32-24(22(30)25(17)34-28(16)41(2)38)15-5-3-7-21-23(15)33-13-40-21/h3,5,7,10,12-14,18-19,26,31H,4,6,8-9,11H2,1-2H3/t14-,18-,19-,26+,41?/m1/s1. The first-order valence-corrected chi connectivity index (χ1v) is 16.2. The number of halogens is 1. The van der Waals surface area contributed by atoms with Crippen molar-refractivity contribution in [1.29, 1.82) is 0 Å². The molecule has 3 aliphatic heterocycles. The molecule has 12 heteroatoms. The van der Waals surface area contributed by atoms with Crippen LogP contribution in [-0.4, -0.2) is 67.2 Å². The molecule has 4 aliphatic rings. The van der Waals surface area contributed by atoms with Crippen LogP contribution < -0.4 is 5.32 Å². The normalized spacial score (nSPS) is 24.4. The molecule has 1 N–H and O–H groups in total. The molecule has 41 heavy (non-hydrogen) atoms. The van der Waals surface area contributed by atoms with Gasteiger partial charge >= 0.3 is 6.09 Å². The number of ether oxygens (including phenoxy) is 1. The molecule has 5 atom stereocenters. The second kappa shape index (κ2) is 9.27. The van der Waals surface area contributed by atoms with E-state index < -0.39 is 16.6 Å². The van der Waals surface area contributed by atoms with Gasteiger partial charge in [0.15, 0.2) is 5.82 Å². The molecular formula is C29H27FN6O3S2. The van der Waals surface area contributed by atoms with E-state index >= 15 is 4.39 Å². The number of nitrogens with zero attached hydrogens (tertiary/aromatic N) is 5. The molecule has 3 saturated heterocycles. The Morgan fingerprint density at radius 3 is 2.88 bits per heavy atom. The van der Waals surface area contributed by atoms with Crippen LogP contribution in [-0.2, 0) is 15.5 Å². The lowest BCUT2D eigenvalue weighted by Gasteiger charge is -2.39. The second-order valence-corrected chi connectivity index (χ2v) is 13.3. The van der Waals surface area contributed by atoms with Crippen LogP contribution in [0.5, 0.6) is 0 Å². The molecule has 1 amide bonds. The van der Waals surface area contributed by atoms with Crippen molar-refractivity contribution in [3.8, 4) is 11.3 Å². The summed E-state index contributed by atoms with van der Waals surface area (Å²) < 4.78 is 38.0. The van der Waals surface area contributed by atoms with Gasteiger partial charge in [-0.05, 0) is 37.3 Å². The van der Waals surface area contributed by atoms with Crippen LogP contribution in [0.25, 0.3) is 43.3 Å². The number of benzene rings is 1. The molecule has 1 aliphatic carbocycles. The van der Waals surface area contributed by atoms with E-state index in [1.54, 1.807) is 22.9 Å². The minimum atomic E-state index is -1.49. The molecule has 4 aromatic heterocycles. The fraction of sp³-hybridized carbons (Fsp3) is 0.379. The molecule has 1 aromatic carbocycles. The van der Waals surface area contributed by atoms with Gasteiger partial charge in [-0.1, -0.05) is 12.1 Å². The fourth-order valence-electron chi connectivity index (χ4n) is 7.22. The average Bonchev–Trinajstić information content (AvgIpc) is 3.80. The highest BCUT2D eigenvalue weighted by atomic mass is 32.2. The summed E-state index contributed by atoms with van der Waals surface area (Å²) in [5, 5.41) is 5.22. The first kappa shape index (κ1) is 25.2. The lowest BCUT2D eigenvalue weighted by Crippen LogP contribution is -2.41. The topological polar surface area (TPSA) is 102 Å². The number of aromatic nitrogens is 4. The summed E-state index contributed by atoms with van der Waals surface area (Å²) in [6.45, 7) is 1.51. The number of likely N-dealkylation sites (tertiary alicyclic amines) is 1. The Morgan fingerprint density at radius 2 is 2.12 bits per heavy atom. The Kier molecular flexibility index (Phi) is 5.71. The Hall–Kier alpha value is -3.48. The zero-order valence-electron chi connectivity index (χ0n) is 22.5. The van der Waals surface area contributed by atoms with E-state index in [1.807, 2.05) is 24.3 Å². The number of nitrogens with one attached hydrogen (secondary N) is 1. The molecule has 210 valence electrons. The number of hydrogen-bond donors (Lipinski definition) is 1. The lowest BCUT2D eigenvalue weighted by molar-refractivity contribution is 0.116. The lowest BCUT2D eigenvalue weighted by atomic mass is 9.79. The third-order valence-corrected chi connectivity index (χ3v) is 10.7. The van der Waals surface area contributed by atoms with Crippen molar-refractivity contribution in [3.63, 3.8) is 0 Å². The molecule has 1 saturated carbocycles. The van der Waals surface area contributed by atoms with Crippen LogP contribution in [0.1, 0.15) is 37.0 Å². The van der Waals surface area contributed by atoms with Crippen molar-refractivity contribution in [2.75, 3.05) is 26.5 Å². The monoisotopic (exact) mass is 590 g/mol. The molecule has 0 radical (unpaired) electrons. The Morgan fingerprint density at radius 1 is 1.24 bits per heavy atom. The predicted molar refractivity (Wildman–Crippen MR) is 156 cm³/mol. The highest BCUT2D eigenvalue weighted by Crippen LogP contribution is 2.50. The van der Waals surface area contributed by atoms with Crippen LogP contribution in [0.2, 0.25) is 0 Å². The van der Waals surface area contributed by atoms with Gasteiger partial charge < -0.3 is 14.6 Å². The van der Waals surface area contributed by atoms with Crippen molar-refractivity contribution in [1.82, 2.24) is 29.7 Å². The number of hydrogen-bond acceptors (Lipinski definition) is 8. The number of carbonyl (C=O) groups excluding carboxylic acids is 1. The van der Waals surface area contributed by atoms with E-state index in [9.17, 15) is 9.00 Å². The summed E-state index contributed by atoms with van der Waals surface area (Å²) in [6, 6.07) is 7.86. The smallest absolute Gasteiger partial charge is 0.410 e. The number of thiazole rings is 1. The summed E-state index contributed by atoms with van der Waals surface area (Å²) in [5.74, 6) is -0.141. The molecule has 1 unspecified atom stereocenters. The number of rotatable bonds is 4. The zero-order valence-corrected chi connectivity index (χ0v) is 24.1. The largest absolute Gasteiger partial charge is 0.453 e. The van der Waals surface area contributed by atoms with E-state index in [1.165, 1.54) is 18.4 Å². The highest BCUT2D eigenvalue weighted by Gasteiger charge is 2.50. The second-order valence-electron chi connectivity index (χ2n) is 11.1. The van der Waals surface area contributed by atoms with Crippen molar-refractivity contribution >= 4 is 60.3 Å². The predicted octanol–water partition coefficient (Wildman–Crippen LogP) is 5.17. The summed E-state index contributed by atoms with van der Waals surface area (Å²) in [7, 11) is -0.0924. The minimum absolute atomic E-state index is 0.137. The van der Waals surface area contributed by atoms with Crippen molar-refractivity contribution in [2.24, 2.45) is 5.92 Å². The summed E-state index contributed by atoms with van der Waals surface area (Å²) in [4.78, 5) is 28.3. The van der Waals surface area contributed by atoms with Gasteiger partial charge in [0.1, 0.15) is 16.2 Å². The van der Waals surface area contributed by atoms with Crippen LogP contribution in [0.15, 0.2) is 41.0 Å². The third kappa shape index (κ3) is 3.56. The Bertz CT molecular complexity index is 1910. The van der Waals surface area contributed by atoms with E-state index in [2.05, 4.69) is 19.9 Å². The van der Waals surface area contributed by atoms with Gasteiger partial charge in [0.25, 0.3) is 0 Å². The van der Waals surface area contributed by atoms with Crippen molar-refractivity contribution in [3.05, 3.63) is 47.5 Å². The maximum atomic E-state index is 16.5. The van der Waals surface area contributed by atoms with Gasteiger partial charge in [0.2, 0.25) is 0 Å². The molecule has 4 fully saturated rings. The van der Waals surface area contributed by atoms with E-state index in [0.717, 1.165) is 41.7 Å². The van der Waals surface area contributed by atoms with E-state index in [4.69, 9.17) is 9.72 Å². The van der Waals surface area contributed by atoms with Gasteiger partial charge in [-0.2, -0.15) is 0 Å². The maximum absolute atomic E-state index is 16.5. The summed E-state index contributed by atoms with van der Waals surface area (Å²) >= 11 is 1.49. The number of pyridine rings is 2. The number of carbonyl (C=O) groups is 1. The van der Waals surface area contributed by atoms with Crippen LogP contribution in [0.4, 0.5) is 9.18 Å².